The van der Waals surface area contributed by atoms with Crippen LogP contribution in [0.3, 0.4) is 0 Å². The number of benzene rings is 1. The molecule has 8 nitrogen and oxygen atoms in total. The summed E-state index contributed by atoms with van der Waals surface area (Å²) in [6, 6.07) is 5.41. The number of halogens is 3. The molecule has 3 amide bonds. The molecule has 0 unspecified atom stereocenters. The first-order valence-corrected chi connectivity index (χ1v) is 10.6. The van der Waals surface area contributed by atoms with Crippen molar-refractivity contribution >= 4 is 28.7 Å². The average molecular weight is 459 g/mol. The van der Waals surface area contributed by atoms with Crippen LogP contribution in [0.25, 0.3) is 11.0 Å². The summed E-state index contributed by atoms with van der Waals surface area (Å²) in [7, 11) is 0. The van der Waals surface area contributed by atoms with Gasteiger partial charge in [0.1, 0.15) is 12.3 Å². The highest BCUT2D eigenvalue weighted by Crippen LogP contribution is 2.34. The minimum atomic E-state index is -4.53. The number of hydrogen-bond acceptors (Lipinski definition) is 5. The number of carbonyl (C=O) groups is 2. The molecule has 3 aromatic rings. The van der Waals surface area contributed by atoms with Crippen molar-refractivity contribution in [3.05, 3.63) is 48.3 Å². The number of aromatic amines is 1. The Balaban J connectivity index is 1.23. The minimum Gasteiger partial charge on any atom is -0.489 e. The van der Waals surface area contributed by atoms with Gasteiger partial charge in [0.2, 0.25) is 0 Å². The van der Waals surface area contributed by atoms with Gasteiger partial charge in [-0.05, 0) is 49.9 Å². The molecule has 1 saturated heterocycles. The molecule has 0 atom stereocenters. The van der Waals surface area contributed by atoms with Crippen LogP contribution < -0.4 is 9.64 Å². The number of alkyl halides is 3. The van der Waals surface area contributed by atoms with Crippen LogP contribution in [0.15, 0.2) is 42.7 Å². The number of urea groups is 1. The van der Waals surface area contributed by atoms with Gasteiger partial charge in [0.05, 0.1) is 24.1 Å². The van der Waals surface area contributed by atoms with Gasteiger partial charge >= 0.3 is 12.2 Å². The topological polar surface area (TPSA) is 91.4 Å². The molecular weight excluding hydrogens is 439 g/mol. The molecule has 11 heteroatoms. The number of amides is 3. The molecule has 1 aromatic carbocycles. The molecule has 33 heavy (non-hydrogen) atoms. The highest BCUT2D eigenvalue weighted by atomic mass is 19.4. The second kappa shape index (κ2) is 8.05. The van der Waals surface area contributed by atoms with E-state index >= 15 is 0 Å². The van der Waals surface area contributed by atoms with E-state index < -0.39 is 23.7 Å². The molecule has 1 aliphatic carbocycles. The van der Waals surface area contributed by atoms with Crippen molar-refractivity contribution in [3.63, 3.8) is 0 Å². The quantitative estimate of drug-likeness (QED) is 0.593. The van der Waals surface area contributed by atoms with Crippen LogP contribution in [0, 0.1) is 0 Å². The van der Waals surface area contributed by atoms with Gasteiger partial charge in [0.15, 0.2) is 5.65 Å². The van der Waals surface area contributed by atoms with Gasteiger partial charge in [0.25, 0.3) is 5.91 Å². The van der Waals surface area contributed by atoms with Crippen molar-refractivity contribution in [1.29, 1.82) is 0 Å². The predicted molar refractivity (Wildman–Crippen MR) is 112 cm³/mol. The summed E-state index contributed by atoms with van der Waals surface area (Å²) in [5, 5.41) is 7.54. The van der Waals surface area contributed by atoms with Gasteiger partial charge in [0, 0.05) is 17.1 Å². The predicted octanol–water partition coefficient (Wildman–Crippen LogP) is 4.14. The fraction of sp³-hybridized carbons (Fsp3) is 0.364. The van der Waals surface area contributed by atoms with E-state index in [0.29, 0.717) is 37.1 Å². The number of carbonyl (C=O) groups excluding carboxylic acids is 2. The number of fused-ring (bicyclic) bond motifs is 1. The summed E-state index contributed by atoms with van der Waals surface area (Å²) >= 11 is 0. The molecule has 2 aromatic heterocycles. The molecule has 1 aliphatic heterocycles. The Morgan fingerprint density at radius 1 is 1.06 bits per heavy atom. The number of rotatable bonds is 4. The molecule has 0 spiro atoms. The van der Waals surface area contributed by atoms with Crippen LogP contribution in [0.2, 0.25) is 0 Å². The number of anilines is 1. The fourth-order valence-corrected chi connectivity index (χ4v) is 4.42. The smallest absolute Gasteiger partial charge is 0.416 e. The maximum absolute atomic E-state index is 13.0. The standard InChI is InChI=1S/C22H20F3N5O3/c23-22(24,25)14-2-1-3-16(9-14)29-12-19(31)30(21(29)32)15-4-6-17(7-5-15)33-18-8-13-10-27-28-20(13)26-11-18/h1-3,8-11,15,17H,4-7,12H2,(H,26,27,28). The summed E-state index contributed by atoms with van der Waals surface area (Å²) in [6.07, 6.45) is 1.04. The molecule has 0 radical (unpaired) electrons. The van der Waals surface area contributed by atoms with Gasteiger partial charge in [-0.2, -0.15) is 18.3 Å². The lowest BCUT2D eigenvalue weighted by atomic mass is 9.92. The van der Waals surface area contributed by atoms with Crippen molar-refractivity contribution in [3.8, 4) is 5.75 Å². The number of aromatic nitrogens is 3. The largest absolute Gasteiger partial charge is 0.489 e. The maximum atomic E-state index is 13.0. The number of pyridine rings is 1. The number of nitrogens with zero attached hydrogens (tertiary/aromatic N) is 4. The number of nitrogens with one attached hydrogen (secondary N) is 1. The highest BCUT2D eigenvalue weighted by Gasteiger charge is 2.43. The van der Waals surface area contributed by atoms with E-state index in [1.807, 2.05) is 6.07 Å². The van der Waals surface area contributed by atoms with E-state index in [9.17, 15) is 22.8 Å². The maximum Gasteiger partial charge on any atom is 0.416 e. The van der Waals surface area contributed by atoms with Crippen molar-refractivity contribution in [2.24, 2.45) is 0 Å². The Hall–Kier alpha value is -3.63. The summed E-state index contributed by atoms with van der Waals surface area (Å²) in [5.41, 5.74) is -0.133. The molecule has 1 N–H and O–H groups in total. The van der Waals surface area contributed by atoms with Crippen molar-refractivity contribution < 1.29 is 27.5 Å². The SMILES string of the molecule is O=C1CN(c2cccc(C(F)(F)F)c2)C(=O)N1C1CCC(Oc2cnc3[nH]ncc3c2)CC1. The van der Waals surface area contributed by atoms with E-state index in [2.05, 4.69) is 15.2 Å². The second-order valence-corrected chi connectivity index (χ2v) is 8.21. The third kappa shape index (κ3) is 4.10. The average Bonchev–Trinajstić information content (AvgIpc) is 3.37. The van der Waals surface area contributed by atoms with Crippen molar-refractivity contribution in [2.75, 3.05) is 11.4 Å². The molecule has 0 bridgehead atoms. The molecular formula is C22H20F3N5O3. The van der Waals surface area contributed by atoms with Crippen molar-refractivity contribution in [1.82, 2.24) is 20.1 Å². The van der Waals surface area contributed by atoms with Gasteiger partial charge in [-0.1, -0.05) is 6.07 Å². The molecule has 3 heterocycles. The van der Waals surface area contributed by atoms with Gasteiger partial charge in [-0.15, -0.1) is 0 Å². The lowest BCUT2D eigenvalue weighted by molar-refractivity contribution is -0.137. The normalized spacial score (nSPS) is 21.8. The zero-order valence-corrected chi connectivity index (χ0v) is 17.4. The summed E-state index contributed by atoms with van der Waals surface area (Å²) in [4.78, 5) is 32.1. The third-order valence-corrected chi connectivity index (χ3v) is 6.06. The lowest BCUT2D eigenvalue weighted by Gasteiger charge is -2.33. The van der Waals surface area contributed by atoms with Crippen LogP contribution in [0.4, 0.5) is 23.7 Å². The number of H-pyrrole nitrogens is 1. The second-order valence-electron chi connectivity index (χ2n) is 8.21. The first-order valence-electron chi connectivity index (χ1n) is 10.6. The zero-order valence-electron chi connectivity index (χ0n) is 17.4. The van der Waals surface area contributed by atoms with Crippen LogP contribution >= 0.6 is 0 Å². The first-order chi connectivity index (χ1) is 15.8. The van der Waals surface area contributed by atoms with E-state index in [0.717, 1.165) is 22.4 Å². The first kappa shape index (κ1) is 21.2. The van der Waals surface area contributed by atoms with Gasteiger partial charge in [-0.25, -0.2) is 9.78 Å². The lowest BCUT2D eigenvalue weighted by Crippen LogP contribution is -2.44. The fourth-order valence-electron chi connectivity index (χ4n) is 4.42. The molecule has 1 saturated carbocycles. The van der Waals surface area contributed by atoms with Crippen LogP contribution in [0.1, 0.15) is 31.2 Å². The number of imide groups is 1. The third-order valence-electron chi connectivity index (χ3n) is 6.06. The van der Waals surface area contributed by atoms with E-state index in [4.69, 9.17) is 4.74 Å². The van der Waals surface area contributed by atoms with Gasteiger partial charge in [-0.3, -0.25) is 19.7 Å². The Labute approximate surface area is 186 Å². The van der Waals surface area contributed by atoms with Gasteiger partial charge < -0.3 is 4.74 Å². The number of ether oxygens (including phenoxy) is 1. The Morgan fingerprint density at radius 3 is 2.61 bits per heavy atom. The molecule has 172 valence electrons. The molecule has 2 fully saturated rings. The highest BCUT2D eigenvalue weighted by molar-refractivity contribution is 6.12. The minimum absolute atomic E-state index is 0.0600. The van der Waals surface area contributed by atoms with E-state index in [-0.39, 0.29) is 24.4 Å². The molecule has 2 aliphatic rings. The number of hydrogen-bond donors (Lipinski definition) is 1. The van der Waals surface area contributed by atoms with Crippen molar-refractivity contribution in [2.45, 2.75) is 44.0 Å². The Kier molecular flexibility index (Phi) is 5.18. The van der Waals surface area contributed by atoms with Crippen LogP contribution in [-0.4, -0.2) is 50.7 Å². The van der Waals surface area contributed by atoms with Crippen LogP contribution in [0.5, 0.6) is 5.75 Å². The van der Waals surface area contributed by atoms with E-state index in [1.165, 1.54) is 17.0 Å². The summed E-state index contributed by atoms with van der Waals surface area (Å²) in [5.74, 6) is 0.216. The molecule has 5 rings (SSSR count). The zero-order chi connectivity index (χ0) is 23.2. The summed E-state index contributed by atoms with van der Waals surface area (Å²) < 4.78 is 45.2. The Bertz CT molecular complexity index is 1200. The Morgan fingerprint density at radius 2 is 1.85 bits per heavy atom. The summed E-state index contributed by atoms with van der Waals surface area (Å²) in [6.45, 7) is -0.271. The van der Waals surface area contributed by atoms with Crippen LogP contribution in [-0.2, 0) is 11.0 Å². The monoisotopic (exact) mass is 459 g/mol. The van der Waals surface area contributed by atoms with E-state index in [1.54, 1.807) is 12.4 Å².